The summed E-state index contributed by atoms with van der Waals surface area (Å²) in [6, 6.07) is 19.3. The van der Waals surface area contributed by atoms with Gasteiger partial charge in [-0.3, -0.25) is 9.59 Å². The van der Waals surface area contributed by atoms with Gasteiger partial charge in [0, 0.05) is 31.3 Å². The van der Waals surface area contributed by atoms with Crippen LogP contribution in [0.15, 0.2) is 65.2 Å². The maximum atomic E-state index is 12.9. The van der Waals surface area contributed by atoms with Crippen molar-refractivity contribution in [1.82, 2.24) is 15.4 Å². The zero-order valence-electron chi connectivity index (χ0n) is 17.0. The number of carbonyl (C=O) groups is 2. The molecule has 2 amide bonds. The minimum atomic E-state index is -0.213. The SMILES string of the molecule is Cc1ccc(-c2cc(C(=O)N3CCC[C@H](C(=O)NCc4ccccc4)C3)no2)cc1. The number of aromatic nitrogens is 1. The van der Waals surface area contributed by atoms with E-state index in [0.29, 0.717) is 25.4 Å². The normalized spacial score (nSPS) is 16.3. The Kier molecular flexibility index (Phi) is 5.93. The summed E-state index contributed by atoms with van der Waals surface area (Å²) < 4.78 is 5.39. The molecule has 1 fully saturated rings. The number of nitrogens with zero attached hydrogens (tertiary/aromatic N) is 2. The lowest BCUT2D eigenvalue weighted by Gasteiger charge is -2.31. The number of amides is 2. The second-order valence-electron chi connectivity index (χ2n) is 7.74. The third-order valence-corrected chi connectivity index (χ3v) is 5.45. The van der Waals surface area contributed by atoms with Crippen molar-refractivity contribution in [2.45, 2.75) is 26.3 Å². The van der Waals surface area contributed by atoms with E-state index in [1.54, 1.807) is 11.0 Å². The molecule has 0 unspecified atom stereocenters. The lowest BCUT2D eigenvalue weighted by atomic mass is 9.96. The van der Waals surface area contributed by atoms with Gasteiger partial charge in [-0.05, 0) is 25.3 Å². The summed E-state index contributed by atoms with van der Waals surface area (Å²) in [4.78, 5) is 27.2. The zero-order valence-corrected chi connectivity index (χ0v) is 17.0. The summed E-state index contributed by atoms with van der Waals surface area (Å²) >= 11 is 0. The number of carbonyl (C=O) groups excluding carboxylic acids is 2. The van der Waals surface area contributed by atoms with Crippen molar-refractivity contribution in [2.24, 2.45) is 5.92 Å². The molecule has 6 nitrogen and oxygen atoms in total. The van der Waals surface area contributed by atoms with Gasteiger partial charge in [0.2, 0.25) is 5.91 Å². The van der Waals surface area contributed by atoms with Crippen molar-refractivity contribution in [3.63, 3.8) is 0 Å². The average Bonchev–Trinajstić information content (AvgIpc) is 3.28. The Morgan fingerprint density at radius 1 is 1.13 bits per heavy atom. The molecule has 30 heavy (non-hydrogen) atoms. The van der Waals surface area contributed by atoms with Crippen LogP contribution >= 0.6 is 0 Å². The maximum Gasteiger partial charge on any atom is 0.276 e. The number of likely N-dealkylation sites (tertiary alicyclic amines) is 1. The predicted octanol–water partition coefficient (Wildman–Crippen LogP) is 3.82. The van der Waals surface area contributed by atoms with Gasteiger partial charge in [-0.25, -0.2) is 0 Å². The van der Waals surface area contributed by atoms with Gasteiger partial charge in [0.15, 0.2) is 11.5 Å². The van der Waals surface area contributed by atoms with Crippen molar-refractivity contribution in [3.05, 3.63) is 77.5 Å². The first-order valence-corrected chi connectivity index (χ1v) is 10.2. The molecule has 2 heterocycles. The third-order valence-electron chi connectivity index (χ3n) is 5.45. The van der Waals surface area contributed by atoms with E-state index < -0.39 is 0 Å². The molecule has 3 aromatic rings. The molecule has 0 radical (unpaired) electrons. The Balaban J connectivity index is 1.37. The van der Waals surface area contributed by atoms with E-state index in [1.165, 1.54) is 0 Å². The molecule has 1 aromatic heterocycles. The second-order valence-corrected chi connectivity index (χ2v) is 7.74. The monoisotopic (exact) mass is 403 g/mol. The molecular weight excluding hydrogens is 378 g/mol. The molecule has 0 bridgehead atoms. The molecular formula is C24H25N3O3. The summed E-state index contributed by atoms with van der Waals surface area (Å²) in [6.45, 7) is 3.52. The first-order chi connectivity index (χ1) is 14.6. The van der Waals surface area contributed by atoms with E-state index in [-0.39, 0.29) is 23.4 Å². The molecule has 0 saturated carbocycles. The Hall–Kier alpha value is -3.41. The molecule has 2 aromatic carbocycles. The summed E-state index contributed by atoms with van der Waals surface area (Å²) in [5.41, 5.74) is 3.36. The lowest BCUT2D eigenvalue weighted by molar-refractivity contribution is -0.126. The Morgan fingerprint density at radius 2 is 1.90 bits per heavy atom. The number of rotatable bonds is 5. The Bertz CT molecular complexity index is 1010. The highest BCUT2D eigenvalue weighted by molar-refractivity contribution is 5.93. The van der Waals surface area contributed by atoms with Gasteiger partial charge in [0.1, 0.15) is 0 Å². The van der Waals surface area contributed by atoms with Crippen molar-refractivity contribution in [3.8, 4) is 11.3 Å². The van der Waals surface area contributed by atoms with E-state index in [9.17, 15) is 9.59 Å². The van der Waals surface area contributed by atoms with Crippen molar-refractivity contribution < 1.29 is 14.1 Å². The van der Waals surface area contributed by atoms with E-state index in [4.69, 9.17) is 4.52 Å². The van der Waals surface area contributed by atoms with E-state index >= 15 is 0 Å². The lowest BCUT2D eigenvalue weighted by Crippen LogP contribution is -2.45. The van der Waals surface area contributed by atoms with Crippen molar-refractivity contribution in [1.29, 1.82) is 0 Å². The second kappa shape index (κ2) is 8.95. The average molecular weight is 403 g/mol. The molecule has 0 spiro atoms. The van der Waals surface area contributed by atoms with Gasteiger partial charge in [-0.1, -0.05) is 65.3 Å². The van der Waals surface area contributed by atoms with E-state index in [1.807, 2.05) is 61.5 Å². The first-order valence-electron chi connectivity index (χ1n) is 10.2. The molecule has 1 aliphatic rings. The van der Waals surface area contributed by atoms with Gasteiger partial charge >= 0.3 is 0 Å². The first kappa shape index (κ1) is 19.9. The quantitative estimate of drug-likeness (QED) is 0.703. The highest BCUT2D eigenvalue weighted by Gasteiger charge is 2.30. The molecule has 1 aliphatic heterocycles. The molecule has 4 rings (SSSR count). The van der Waals surface area contributed by atoms with Crippen LogP contribution in [0.2, 0.25) is 0 Å². The van der Waals surface area contributed by atoms with Gasteiger partial charge in [-0.15, -0.1) is 0 Å². The molecule has 0 aliphatic carbocycles. The number of hydrogen-bond donors (Lipinski definition) is 1. The van der Waals surface area contributed by atoms with Gasteiger partial charge in [0.25, 0.3) is 5.91 Å². The molecule has 1 atom stereocenters. The molecule has 6 heteroatoms. The topological polar surface area (TPSA) is 75.4 Å². The molecule has 154 valence electrons. The number of nitrogens with one attached hydrogen (secondary N) is 1. The fourth-order valence-electron chi connectivity index (χ4n) is 3.70. The Morgan fingerprint density at radius 3 is 2.67 bits per heavy atom. The minimum Gasteiger partial charge on any atom is -0.355 e. The van der Waals surface area contributed by atoms with Crippen LogP contribution in [0.5, 0.6) is 0 Å². The van der Waals surface area contributed by atoms with Crippen LogP contribution in [-0.4, -0.2) is 35.0 Å². The van der Waals surface area contributed by atoms with Crippen LogP contribution in [0.4, 0.5) is 0 Å². The zero-order chi connectivity index (χ0) is 20.9. The van der Waals surface area contributed by atoms with E-state index in [0.717, 1.165) is 29.5 Å². The minimum absolute atomic E-state index is 0.0168. The van der Waals surface area contributed by atoms with Gasteiger partial charge in [-0.2, -0.15) is 0 Å². The molecule has 1 N–H and O–H groups in total. The highest BCUT2D eigenvalue weighted by atomic mass is 16.5. The number of aryl methyl sites for hydroxylation is 1. The summed E-state index contributed by atoms with van der Waals surface area (Å²) in [5, 5.41) is 6.96. The van der Waals surface area contributed by atoms with Crippen LogP contribution in [0, 0.1) is 12.8 Å². The fourth-order valence-corrected chi connectivity index (χ4v) is 3.70. The van der Waals surface area contributed by atoms with Crippen LogP contribution in [0.25, 0.3) is 11.3 Å². The Labute approximate surface area is 175 Å². The third kappa shape index (κ3) is 4.59. The summed E-state index contributed by atoms with van der Waals surface area (Å²) in [5.74, 6) is 0.136. The van der Waals surface area contributed by atoms with Gasteiger partial charge in [0.05, 0.1) is 5.92 Å². The molecule has 1 saturated heterocycles. The van der Waals surface area contributed by atoms with Crippen LogP contribution in [-0.2, 0) is 11.3 Å². The highest BCUT2D eigenvalue weighted by Crippen LogP contribution is 2.23. The summed E-state index contributed by atoms with van der Waals surface area (Å²) in [6.07, 6.45) is 1.57. The predicted molar refractivity (Wildman–Crippen MR) is 114 cm³/mol. The number of benzene rings is 2. The van der Waals surface area contributed by atoms with Crippen LogP contribution < -0.4 is 5.32 Å². The number of hydrogen-bond acceptors (Lipinski definition) is 4. The standard InChI is InChI=1S/C24H25N3O3/c1-17-9-11-19(12-10-17)22-14-21(26-30-22)24(29)27-13-5-8-20(16-27)23(28)25-15-18-6-3-2-4-7-18/h2-4,6-7,9-12,14,20H,5,8,13,15-16H2,1H3,(H,25,28)/t20-/m0/s1. The van der Waals surface area contributed by atoms with Crippen LogP contribution in [0.3, 0.4) is 0 Å². The summed E-state index contributed by atoms with van der Waals surface area (Å²) in [7, 11) is 0. The number of piperidine rings is 1. The smallest absolute Gasteiger partial charge is 0.276 e. The largest absolute Gasteiger partial charge is 0.355 e. The van der Waals surface area contributed by atoms with Crippen LogP contribution in [0.1, 0.15) is 34.5 Å². The fraction of sp³-hybridized carbons (Fsp3) is 0.292. The van der Waals surface area contributed by atoms with Gasteiger partial charge < -0.3 is 14.7 Å². The van der Waals surface area contributed by atoms with Crippen molar-refractivity contribution >= 4 is 11.8 Å². The maximum absolute atomic E-state index is 12.9. The van der Waals surface area contributed by atoms with E-state index in [2.05, 4.69) is 10.5 Å². The van der Waals surface area contributed by atoms with Crippen molar-refractivity contribution in [2.75, 3.05) is 13.1 Å².